The monoisotopic (exact) mass is 275 g/mol. The first-order valence-corrected chi connectivity index (χ1v) is 8.20. The highest BCUT2D eigenvalue weighted by molar-refractivity contribution is 5.48. The number of benzene rings is 1. The molecule has 0 saturated heterocycles. The van der Waals surface area contributed by atoms with Gasteiger partial charge in [0.25, 0.3) is 0 Å². The van der Waals surface area contributed by atoms with Crippen LogP contribution in [0.4, 0.5) is 5.69 Å². The minimum Gasteiger partial charge on any atom is -0.388 e. The van der Waals surface area contributed by atoms with E-state index in [9.17, 15) is 5.11 Å². The van der Waals surface area contributed by atoms with Gasteiger partial charge < -0.3 is 10.0 Å². The zero-order valence-electron chi connectivity index (χ0n) is 13.0. The van der Waals surface area contributed by atoms with E-state index in [1.165, 1.54) is 37.8 Å². The Morgan fingerprint density at radius 3 is 2.70 bits per heavy atom. The number of hydrogen-bond donors (Lipinski definition) is 1. The Morgan fingerprint density at radius 2 is 2.00 bits per heavy atom. The van der Waals surface area contributed by atoms with Crippen LogP contribution >= 0.6 is 0 Å². The smallest absolute Gasteiger partial charge is 0.0790 e. The highest BCUT2D eigenvalue weighted by atomic mass is 16.3. The summed E-state index contributed by atoms with van der Waals surface area (Å²) in [5.41, 5.74) is 2.29. The molecule has 0 spiro atoms. The van der Waals surface area contributed by atoms with E-state index >= 15 is 0 Å². The van der Waals surface area contributed by atoms with Gasteiger partial charge in [-0.3, -0.25) is 0 Å². The van der Waals surface area contributed by atoms with Crippen molar-refractivity contribution in [1.29, 1.82) is 0 Å². The fraction of sp³-hybridized carbons (Fsp3) is 0.667. The number of nitrogens with zero attached hydrogens (tertiary/aromatic N) is 1. The van der Waals surface area contributed by atoms with Gasteiger partial charge in [0.1, 0.15) is 0 Å². The van der Waals surface area contributed by atoms with Crippen LogP contribution in [0.1, 0.15) is 63.5 Å². The third kappa shape index (κ3) is 4.24. The molecule has 0 aromatic heterocycles. The van der Waals surface area contributed by atoms with Crippen LogP contribution in [-0.2, 0) is 0 Å². The molecule has 1 saturated carbocycles. The number of hydrogen-bond acceptors (Lipinski definition) is 2. The Balaban J connectivity index is 1.98. The summed E-state index contributed by atoms with van der Waals surface area (Å²) in [5.74, 6) is 0.845. The van der Waals surface area contributed by atoms with Crippen molar-refractivity contribution in [3.05, 3.63) is 29.8 Å². The van der Waals surface area contributed by atoms with Gasteiger partial charge in [-0.1, -0.05) is 44.7 Å². The van der Waals surface area contributed by atoms with Crippen molar-refractivity contribution in [2.24, 2.45) is 5.92 Å². The number of rotatable bonds is 6. The second kappa shape index (κ2) is 7.68. The Morgan fingerprint density at radius 1 is 1.25 bits per heavy atom. The lowest BCUT2D eigenvalue weighted by atomic mass is 9.89. The van der Waals surface area contributed by atoms with Gasteiger partial charge in [-0.25, -0.2) is 0 Å². The summed E-state index contributed by atoms with van der Waals surface area (Å²) < 4.78 is 0. The standard InChI is InChI=1S/C18H29NO/c1-3-8-18(20)16-11-7-12-17(13-16)19(2)14-15-9-5-4-6-10-15/h7,11-13,15,18,20H,3-6,8-10,14H2,1-2H3. The fourth-order valence-electron chi connectivity index (χ4n) is 3.27. The topological polar surface area (TPSA) is 23.5 Å². The summed E-state index contributed by atoms with van der Waals surface area (Å²) in [7, 11) is 2.18. The van der Waals surface area contributed by atoms with Crippen molar-refractivity contribution in [2.75, 3.05) is 18.5 Å². The van der Waals surface area contributed by atoms with Crippen LogP contribution in [0, 0.1) is 5.92 Å². The molecule has 2 rings (SSSR count). The predicted molar refractivity (Wildman–Crippen MR) is 86.2 cm³/mol. The van der Waals surface area contributed by atoms with E-state index in [1.54, 1.807) is 0 Å². The molecule has 0 radical (unpaired) electrons. The van der Waals surface area contributed by atoms with Crippen molar-refractivity contribution in [3.8, 4) is 0 Å². The first-order chi connectivity index (χ1) is 9.70. The van der Waals surface area contributed by atoms with Crippen molar-refractivity contribution in [3.63, 3.8) is 0 Å². The largest absolute Gasteiger partial charge is 0.388 e. The minimum absolute atomic E-state index is 0.317. The molecule has 1 aliphatic carbocycles. The Kier molecular flexibility index (Phi) is 5.90. The van der Waals surface area contributed by atoms with Gasteiger partial charge in [0.15, 0.2) is 0 Å². The Bertz CT molecular complexity index is 398. The van der Waals surface area contributed by atoms with Gasteiger partial charge in [0.05, 0.1) is 6.10 Å². The van der Waals surface area contributed by atoms with Crippen LogP contribution in [-0.4, -0.2) is 18.7 Å². The highest BCUT2D eigenvalue weighted by Crippen LogP contribution is 2.27. The van der Waals surface area contributed by atoms with Crippen LogP contribution in [0.25, 0.3) is 0 Å². The highest BCUT2D eigenvalue weighted by Gasteiger charge is 2.16. The second-order valence-electron chi connectivity index (χ2n) is 6.28. The number of aliphatic hydroxyl groups excluding tert-OH is 1. The van der Waals surface area contributed by atoms with Crippen LogP contribution < -0.4 is 4.90 Å². The van der Waals surface area contributed by atoms with Gasteiger partial charge in [0, 0.05) is 19.3 Å². The summed E-state index contributed by atoms with van der Waals surface area (Å²) in [6.45, 7) is 3.26. The predicted octanol–water partition coefficient (Wildman–Crippen LogP) is 4.54. The van der Waals surface area contributed by atoms with Crippen LogP contribution in [0.3, 0.4) is 0 Å². The lowest BCUT2D eigenvalue weighted by molar-refractivity contribution is 0.166. The van der Waals surface area contributed by atoms with Gasteiger partial charge >= 0.3 is 0 Å². The normalized spacial score (nSPS) is 17.9. The third-order valence-corrected chi connectivity index (χ3v) is 4.51. The maximum atomic E-state index is 10.1. The molecule has 1 atom stereocenters. The molecule has 1 aromatic rings. The molecule has 2 heteroatoms. The molecular formula is C18H29NO. The maximum Gasteiger partial charge on any atom is 0.0790 e. The van der Waals surface area contributed by atoms with E-state index in [0.29, 0.717) is 0 Å². The van der Waals surface area contributed by atoms with E-state index in [-0.39, 0.29) is 6.10 Å². The SMILES string of the molecule is CCCC(O)c1cccc(N(C)CC2CCCCC2)c1. The first-order valence-electron chi connectivity index (χ1n) is 8.20. The zero-order chi connectivity index (χ0) is 14.4. The molecule has 20 heavy (non-hydrogen) atoms. The third-order valence-electron chi connectivity index (χ3n) is 4.51. The van der Waals surface area contributed by atoms with Gasteiger partial charge in [-0.15, -0.1) is 0 Å². The first kappa shape index (κ1) is 15.4. The molecule has 1 unspecified atom stereocenters. The number of aliphatic hydroxyl groups is 1. The summed E-state index contributed by atoms with van der Waals surface area (Å²) in [6.07, 6.45) is 8.51. The second-order valence-corrected chi connectivity index (χ2v) is 6.28. The van der Waals surface area contributed by atoms with Crippen LogP contribution in [0.2, 0.25) is 0 Å². The number of anilines is 1. The van der Waals surface area contributed by atoms with Crippen LogP contribution in [0.5, 0.6) is 0 Å². The lowest BCUT2D eigenvalue weighted by Crippen LogP contribution is -2.26. The molecule has 0 heterocycles. The minimum atomic E-state index is -0.317. The van der Waals surface area contributed by atoms with Crippen molar-refractivity contribution < 1.29 is 5.11 Å². The molecule has 1 fully saturated rings. The molecule has 1 aliphatic rings. The van der Waals surface area contributed by atoms with Crippen molar-refractivity contribution >= 4 is 5.69 Å². The summed E-state index contributed by atoms with van der Waals surface area (Å²) in [5, 5.41) is 10.1. The molecule has 2 nitrogen and oxygen atoms in total. The van der Waals surface area contributed by atoms with Crippen molar-refractivity contribution in [2.45, 2.75) is 58.0 Å². The Hall–Kier alpha value is -1.02. The van der Waals surface area contributed by atoms with Gasteiger partial charge in [0.2, 0.25) is 0 Å². The van der Waals surface area contributed by atoms with E-state index < -0.39 is 0 Å². The van der Waals surface area contributed by atoms with Gasteiger partial charge in [-0.2, -0.15) is 0 Å². The maximum absolute atomic E-state index is 10.1. The average Bonchev–Trinajstić information content (AvgIpc) is 2.48. The summed E-state index contributed by atoms with van der Waals surface area (Å²) in [4.78, 5) is 2.36. The fourth-order valence-corrected chi connectivity index (χ4v) is 3.27. The molecule has 0 aliphatic heterocycles. The molecule has 0 amide bonds. The lowest BCUT2D eigenvalue weighted by Gasteiger charge is -2.28. The zero-order valence-corrected chi connectivity index (χ0v) is 13.0. The molecular weight excluding hydrogens is 246 g/mol. The quantitative estimate of drug-likeness (QED) is 0.824. The van der Waals surface area contributed by atoms with Gasteiger partial charge in [-0.05, 0) is 42.9 Å². The molecule has 0 bridgehead atoms. The van der Waals surface area contributed by atoms with E-state index in [0.717, 1.165) is 30.9 Å². The molecule has 1 N–H and O–H groups in total. The summed E-state index contributed by atoms with van der Waals surface area (Å²) >= 11 is 0. The molecule has 1 aromatic carbocycles. The van der Waals surface area contributed by atoms with Crippen LogP contribution in [0.15, 0.2) is 24.3 Å². The average molecular weight is 275 g/mol. The van der Waals surface area contributed by atoms with E-state index in [1.807, 2.05) is 6.07 Å². The Labute approximate surface area is 123 Å². The molecule has 112 valence electrons. The van der Waals surface area contributed by atoms with E-state index in [4.69, 9.17) is 0 Å². The van der Waals surface area contributed by atoms with Crippen molar-refractivity contribution in [1.82, 2.24) is 0 Å². The summed E-state index contributed by atoms with van der Waals surface area (Å²) in [6, 6.07) is 8.42. The van der Waals surface area contributed by atoms with E-state index in [2.05, 4.69) is 37.1 Å².